The summed E-state index contributed by atoms with van der Waals surface area (Å²) < 4.78 is 12.4. The summed E-state index contributed by atoms with van der Waals surface area (Å²) >= 11 is 9.36. The van der Waals surface area contributed by atoms with Gasteiger partial charge in [0, 0.05) is 10.6 Å². The lowest BCUT2D eigenvalue weighted by Gasteiger charge is -2.14. The Bertz CT molecular complexity index is 1550. The number of carbonyl (C=O) groups excluding carboxylic acids is 2. The van der Waals surface area contributed by atoms with Gasteiger partial charge in [0.2, 0.25) is 0 Å². The van der Waals surface area contributed by atoms with Crippen molar-refractivity contribution in [3.63, 3.8) is 0 Å². The van der Waals surface area contributed by atoms with E-state index >= 15 is 0 Å². The van der Waals surface area contributed by atoms with Gasteiger partial charge in [-0.15, -0.1) is 0 Å². The molecule has 37 heavy (non-hydrogen) atoms. The standard InChI is InChI=1S/C29H21ClINO4S/c1-35-25-14-19(13-24(31)27(25)36-17-22-8-4-5-9-23(22)30)15-26-28(33)32(29(34)37-26)16-18-10-11-20-6-2-3-7-21(20)12-18/h2-15H,16-17H2,1H3/b26-15-. The number of hydrogen-bond donors (Lipinski definition) is 0. The van der Waals surface area contributed by atoms with Crippen LogP contribution in [0.25, 0.3) is 16.8 Å². The van der Waals surface area contributed by atoms with Crippen LogP contribution in [0, 0.1) is 3.57 Å². The highest BCUT2D eigenvalue weighted by Crippen LogP contribution is 2.38. The van der Waals surface area contributed by atoms with E-state index in [1.165, 1.54) is 4.90 Å². The van der Waals surface area contributed by atoms with Crippen LogP contribution in [-0.4, -0.2) is 23.2 Å². The molecule has 1 fully saturated rings. The van der Waals surface area contributed by atoms with Crippen LogP contribution in [0.4, 0.5) is 4.79 Å². The summed E-state index contributed by atoms with van der Waals surface area (Å²) in [6, 6.07) is 25.1. The minimum absolute atomic E-state index is 0.225. The highest BCUT2D eigenvalue weighted by atomic mass is 127. The summed E-state index contributed by atoms with van der Waals surface area (Å²) in [5.74, 6) is 0.807. The predicted molar refractivity (Wildman–Crippen MR) is 157 cm³/mol. The van der Waals surface area contributed by atoms with Crippen LogP contribution in [0.5, 0.6) is 11.5 Å². The number of ether oxygens (including phenoxy) is 2. The van der Waals surface area contributed by atoms with Crippen LogP contribution >= 0.6 is 46.0 Å². The number of nitrogens with zero attached hydrogens (tertiary/aromatic N) is 1. The van der Waals surface area contributed by atoms with Gasteiger partial charge in [0.15, 0.2) is 11.5 Å². The van der Waals surface area contributed by atoms with Gasteiger partial charge >= 0.3 is 0 Å². The fourth-order valence-corrected chi connectivity index (χ4v) is 5.85. The van der Waals surface area contributed by atoms with Crippen LogP contribution < -0.4 is 9.47 Å². The first kappa shape index (κ1) is 25.6. The molecule has 0 atom stereocenters. The van der Waals surface area contributed by atoms with Gasteiger partial charge in [-0.2, -0.15) is 0 Å². The number of imide groups is 1. The van der Waals surface area contributed by atoms with E-state index in [0.717, 1.165) is 42.8 Å². The van der Waals surface area contributed by atoms with Crippen LogP contribution in [0.15, 0.2) is 83.8 Å². The molecule has 4 aromatic carbocycles. The summed E-state index contributed by atoms with van der Waals surface area (Å²) in [5.41, 5.74) is 2.51. The molecule has 4 aromatic rings. The Kier molecular flexibility index (Phi) is 7.73. The summed E-state index contributed by atoms with van der Waals surface area (Å²) in [6.07, 6.45) is 1.72. The van der Waals surface area contributed by atoms with Crippen LogP contribution in [0.2, 0.25) is 5.02 Å². The Hall–Kier alpha value is -3.01. The van der Waals surface area contributed by atoms with Gasteiger partial charge in [0.25, 0.3) is 11.1 Å². The maximum Gasteiger partial charge on any atom is 0.293 e. The Morgan fingerprint density at radius 3 is 2.51 bits per heavy atom. The molecule has 2 amide bonds. The minimum Gasteiger partial charge on any atom is -0.493 e. The average Bonchev–Trinajstić information content (AvgIpc) is 3.15. The van der Waals surface area contributed by atoms with Crippen LogP contribution in [0.1, 0.15) is 16.7 Å². The number of thioether (sulfide) groups is 1. The molecule has 0 aromatic heterocycles. The monoisotopic (exact) mass is 641 g/mol. The van der Waals surface area contributed by atoms with Crippen molar-refractivity contribution < 1.29 is 19.1 Å². The first-order valence-electron chi connectivity index (χ1n) is 11.4. The average molecular weight is 642 g/mol. The number of rotatable bonds is 7. The number of amides is 2. The SMILES string of the molecule is COc1cc(/C=C2\SC(=O)N(Cc3ccc4ccccc4c3)C2=O)cc(I)c1OCc1ccccc1Cl. The number of fused-ring (bicyclic) bond motifs is 1. The summed E-state index contributed by atoms with van der Waals surface area (Å²) in [5, 5.41) is 2.53. The van der Waals surface area contributed by atoms with E-state index in [1.54, 1.807) is 19.3 Å². The zero-order valence-corrected chi connectivity index (χ0v) is 23.5. The first-order chi connectivity index (χ1) is 17.9. The number of halogens is 2. The Morgan fingerprint density at radius 2 is 1.73 bits per heavy atom. The predicted octanol–water partition coefficient (Wildman–Crippen LogP) is 7.92. The lowest BCUT2D eigenvalue weighted by Crippen LogP contribution is -2.27. The van der Waals surface area contributed by atoms with Crippen molar-refractivity contribution in [1.29, 1.82) is 0 Å². The largest absolute Gasteiger partial charge is 0.493 e. The summed E-state index contributed by atoms with van der Waals surface area (Å²) in [4.78, 5) is 27.5. The van der Waals surface area contributed by atoms with Gasteiger partial charge in [-0.1, -0.05) is 66.2 Å². The number of carbonyl (C=O) groups is 2. The quantitative estimate of drug-likeness (QED) is 0.152. The van der Waals surface area contributed by atoms with Crippen molar-refractivity contribution >= 4 is 73.9 Å². The molecule has 0 spiro atoms. The molecular weight excluding hydrogens is 621 g/mol. The van der Waals surface area contributed by atoms with E-state index in [2.05, 4.69) is 22.6 Å². The fourth-order valence-electron chi connectivity index (χ4n) is 4.04. The molecular formula is C29H21ClINO4S. The minimum atomic E-state index is -0.309. The maximum atomic E-state index is 13.1. The molecule has 5 nitrogen and oxygen atoms in total. The van der Waals surface area contributed by atoms with E-state index < -0.39 is 0 Å². The second-order valence-corrected chi connectivity index (χ2v) is 10.9. The Labute approximate surface area is 237 Å². The fraction of sp³-hybridized carbons (Fsp3) is 0.103. The van der Waals surface area contributed by atoms with Crippen molar-refractivity contribution in [2.45, 2.75) is 13.2 Å². The van der Waals surface area contributed by atoms with E-state index in [1.807, 2.05) is 72.8 Å². The van der Waals surface area contributed by atoms with E-state index in [0.29, 0.717) is 28.0 Å². The molecule has 1 aliphatic heterocycles. The molecule has 0 bridgehead atoms. The van der Waals surface area contributed by atoms with Crippen molar-refractivity contribution in [3.05, 3.63) is 109 Å². The molecule has 1 aliphatic rings. The second-order valence-electron chi connectivity index (χ2n) is 8.36. The molecule has 8 heteroatoms. The van der Waals surface area contributed by atoms with Gasteiger partial charge in [-0.3, -0.25) is 14.5 Å². The van der Waals surface area contributed by atoms with Crippen molar-refractivity contribution in [1.82, 2.24) is 4.90 Å². The topological polar surface area (TPSA) is 55.8 Å². The molecule has 0 radical (unpaired) electrons. The first-order valence-corrected chi connectivity index (χ1v) is 13.7. The molecule has 1 saturated heterocycles. The highest BCUT2D eigenvalue weighted by Gasteiger charge is 2.35. The van der Waals surface area contributed by atoms with Crippen LogP contribution in [-0.2, 0) is 17.9 Å². The van der Waals surface area contributed by atoms with Crippen molar-refractivity contribution in [2.75, 3.05) is 7.11 Å². The van der Waals surface area contributed by atoms with E-state index in [9.17, 15) is 9.59 Å². The third-order valence-corrected chi connectivity index (χ3v) is 7.98. The van der Waals surface area contributed by atoms with Gasteiger partial charge in [0.1, 0.15) is 6.61 Å². The number of benzene rings is 4. The molecule has 1 heterocycles. The van der Waals surface area contributed by atoms with Gasteiger partial charge in [-0.05, 0) is 86.6 Å². The summed E-state index contributed by atoms with van der Waals surface area (Å²) in [6.45, 7) is 0.515. The third-order valence-electron chi connectivity index (χ3n) is 5.91. The van der Waals surface area contributed by atoms with Gasteiger partial charge in [0.05, 0.1) is 22.1 Å². The third kappa shape index (κ3) is 5.63. The molecule has 0 aliphatic carbocycles. The molecule has 0 N–H and O–H groups in total. The molecule has 0 unspecified atom stereocenters. The lowest BCUT2D eigenvalue weighted by molar-refractivity contribution is -0.123. The highest BCUT2D eigenvalue weighted by molar-refractivity contribution is 14.1. The molecule has 0 saturated carbocycles. The number of methoxy groups -OCH3 is 1. The van der Waals surface area contributed by atoms with E-state index in [-0.39, 0.29) is 17.7 Å². The smallest absolute Gasteiger partial charge is 0.293 e. The zero-order chi connectivity index (χ0) is 25.9. The van der Waals surface area contributed by atoms with Gasteiger partial charge in [-0.25, -0.2) is 0 Å². The summed E-state index contributed by atoms with van der Waals surface area (Å²) in [7, 11) is 1.56. The van der Waals surface area contributed by atoms with E-state index in [4.69, 9.17) is 21.1 Å². The maximum absolute atomic E-state index is 13.1. The van der Waals surface area contributed by atoms with Crippen LogP contribution in [0.3, 0.4) is 0 Å². The lowest BCUT2D eigenvalue weighted by atomic mass is 10.1. The second kappa shape index (κ2) is 11.2. The normalized spacial score (nSPS) is 14.6. The molecule has 5 rings (SSSR count). The van der Waals surface area contributed by atoms with Crippen molar-refractivity contribution in [3.8, 4) is 11.5 Å². The molecule has 186 valence electrons. The Morgan fingerprint density at radius 1 is 0.973 bits per heavy atom. The zero-order valence-electron chi connectivity index (χ0n) is 19.7. The Balaban J connectivity index is 1.35. The van der Waals surface area contributed by atoms with Gasteiger partial charge < -0.3 is 9.47 Å². The number of hydrogen-bond acceptors (Lipinski definition) is 5. The van der Waals surface area contributed by atoms with Crippen molar-refractivity contribution in [2.24, 2.45) is 0 Å².